The summed E-state index contributed by atoms with van der Waals surface area (Å²) in [5, 5.41) is 17.1. The molecule has 0 bridgehead atoms. The molecule has 0 aliphatic rings. The highest BCUT2D eigenvalue weighted by molar-refractivity contribution is 5.73. The third-order valence-electron chi connectivity index (χ3n) is 3.81. The molecule has 2 atom stereocenters. The van der Waals surface area contributed by atoms with Crippen molar-refractivity contribution in [2.75, 3.05) is 0 Å². The average molecular weight is 358 g/mol. The molecule has 0 aliphatic heterocycles. The molecule has 0 spiro atoms. The van der Waals surface area contributed by atoms with Crippen molar-refractivity contribution in [1.82, 2.24) is 0 Å². The van der Waals surface area contributed by atoms with Gasteiger partial charge in [0.1, 0.15) is 12.1 Å². The van der Waals surface area contributed by atoms with Crippen LogP contribution in [0.25, 0.3) is 0 Å². The van der Waals surface area contributed by atoms with Crippen molar-refractivity contribution in [2.45, 2.75) is 37.8 Å². The molecule has 6 nitrogen and oxygen atoms in total. The van der Waals surface area contributed by atoms with Gasteiger partial charge in [0.05, 0.1) is 0 Å². The molecule has 0 aliphatic carbocycles. The summed E-state index contributed by atoms with van der Waals surface area (Å²) in [5.41, 5.74) is 13.0. The zero-order valence-corrected chi connectivity index (χ0v) is 14.6. The lowest BCUT2D eigenvalue weighted by Gasteiger charge is -2.05. The highest BCUT2D eigenvalue weighted by Gasteiger charge is 2.11. The molecule has 2 rings (SSSR count). The molecule has 0 radical (unpaired) electrons. The fourth-order valence-corrected chi connectivity index (χ4v) is 2.18. The van der Waals surface area contributed by atoms with Crippen molar-refractivity contribution in [3.05, 3.63) is 71.8 Å². The Hall–Kier alpha value is -2.70. The van der Waals surface area contributed by atoms with Gasteiger partial charge in [-0.15, -0.1) is 0 Å². The second kappa shape index (κ2) is 11.8. The van der Waals surface area contributed by atoms with E-state index in [2.05, 4.69) is 0 Å². The highest BCUT2D eigenvalue weighted by Crippen LogP contribution is 2.04. The average Bonchev–Trinajstić information content (AvgIpc) is 2.66. The Labute approximate surface area is 153 Å². The number of nitrogens with two attached hydrogens (primary N) is 2. The van der Waals surface area contributed by atoms with Crippen LogP contribution < -0.4 is 11.5 Å². The molecule has 140 valence electrons. The Morgan fingerprint density at radius 1 is 0.692 bits per heavy atom. The Balaban J connectivity index is 0.000000260. The van der Waals surface area contributed by atoms with Gasteiger partial charge >= 0.3 is 11.9 Å². The molecule has 0 fully saturated rings. The van der Waals surface area contributed by atoms with Crippen molar-refractivity contribution < 1.29 is 19.8 Å². The summed E-state index contributed by atoms with van der Waals surface area (Å²) in [5.74, 6) is -1.87. The summed E-state index contributed by atoms with van der Waals surface area (Å²) >= 11 is 0. The first-order chi connectivity index (χ1) is 12.4. The first-order valence-corrected chi connectivity index (χ1v) is 8.44. The van der Waals surface area contributed by atoms with Crippen LogP contribution in [0.4, 0.5) is 0 Å². The third kappa shape index (κ3) is 8.96. The summed E-state index contributed by atoms with van der Waals surface area (Å²) in [7, 11) is 0. The number of benzene rings is 2. The molecule has 2 aromatic carbocycles. The van der Waals surface area contributed by atoms with E-state index in [1.165, 1.54) is 0 Å². The number of hydrogen-bond donors (Lipinski definition) is 4. The van der Waals surface area contributed by atoms with E-state index in [0.29, 0.717) is 25.7 Å². The summed E-state index contributed by atoms with van der Waals surface area (Å²) < 4.78 is 0. The van der Waals surface area contributed by atoms with Gasteiger partial charge in [0, 0.05) is 0 Å². The van der Waals surface area contributed by atoms with Crippen molar-refractivity contribution in [3.8, 4) is 0 Å². The van der Waals surface area contributed by atoms with Gasteiger partial charge in [-0.05, 0) is 36.8 Å². The summed E-state index contributed by atoms with van der Waals surface area (Å²) in [6.45, 7) is 0. The van der Waals surface area contributed by atoms with Gasteiger partial charge in [0.25, 0.3) is 0 Å². The zero-order chi connectivity index (χ0) is 19.4. The highest BCUT2D eigenvalue weighted by atomic mass is 16.4. The molecule has 6 heteroatoms. The van der Waals surface area contributed by atoms with Crippen LogP contribution in [0.3, 0.4) is 0 Å². The maximum absolute atomic E-state index is 10.4. The van der Waals surface area contributed by atoms with Crippen molar-refractivity contribution in [2.24, 2.45) is 11.5 Å². The van der Waals surface area contributed by atoms with E-state index in [9.17, 15) is 9.59 Å². The lowest BCUT2D eigenvalue weighted by Crippen LogP contribution is -2.30. The van der Waals surface area contributed by atoms with E-state index >= 15 is 0 Å². The van der Waals surface area contributed by atoms with Crippen molar-refractivity contribution in [1.29, 1.82) is 0 Å². The zero-order valence-electron chi connectivity index (χ0n) is 14.6. The smallest absolute Gasteiger partial charge is 0.320 e. The van der Waals surface area contributed by atoms with E-state index < -0.39 is 24.0 Å². The van der Waals surface area contributed by atoms with Crippen LogP contribution in [0, 0.1) is 0 Å². The molecular weight excluding hydrogens is 332 g/mol. The minimum Gasteiger partial charge on any atom is -0.480 e. The SMILES string of the molecule is N[C@@H](CCc1ccccc1)C(=O)O.N[C@@H](CCc1ccccc1)C(=O)O. The van der Waals surface area contributed by atoms with Gasteiger partial charge in [-0.1, -0.05) is 60.7 Å². The quantitative estimate of drug-likeness (QED) is 0.572. The standard InChI is InChI=1S/2C10H13NO2/c2*11-9(10(12)13)7-6-8-4-2-1-3-5-8/h2*1-5,9H,6-7,11H2,(H,12,13)/t2*9-/m00/s1. The number of carbonyl (C=O) groups is 2. The van der Waals surface area contributed by atoms with Crippen LogP contribution in [-0.2, 0) is 22.4 Å². The monoisotopic (exact) mass is 358 g/mol. The number of aliphatic carboxylic acids is 2. The Morgan fingerprint density at radius 3 is 1.27 bits per heavy atom. The van der Waals surface area contributed by atoms with E-state index in [4.69, 9.17) is 21.7 Å². The summed E-state index contributed by atoms with van der Waals surface area (Å²) in [6, 6.07) is 18.0. The fraction of sp³-hybridized carbons (Fsp3) is 0.300. The van der Waals surface area contributed by atoms with Gasteiger partial charge in [-0.3, -0.25) is 9.59 Å². The number of rotatable bonds is 8. The molecule has 0 aromatic heterocycles. The number of carboxylic acid groups (broad SMARTS) is 2. The second-order valence-corrected chi connectivity index (χ2v) is 5.94. The molecule has 0 amide bonds. The predicted octanol–water partition coefficient (Wildman–Crippen LogP) is 2.06. The number of aryl methyl sites for hydroxylation is 2. The van der Waals surface area contributed by atoms with E-state index in [-0.39, 0.29) is 0 Å². The van der Waals surface area contributed by atoms with Gasteiger partial charge in [-0.25, -0.2) is 0 Å². The van der Waals surface area contributed by atoms with Crippen molar-refractivity contribution >= 4 is 11.9 Å². The minimum absolute atomic E-state index is 0.485. The molecule has 0 saturated carbocycles. The molecule has 0 unspecified atom stereocenters. The van der Waals surface area contributed by atoms with E-state index in [0.717, 1.165) is 11.1 Å². The first-order valence-electron chi connectivity index (χ1n) is 8.44. The molecule has 0 saturated heterocycles. The summed E-state index contributed by atoms with van der Waals surface area (Å²) in [6.07, 6.45) is 2.40. The lowest BCUT2D eigenvalue weighted by molar-refractivity contribution is -0.139. The van der Waals surface area contributed by atoms with Crippen LogP contribution in [0.15, 0.2) is 60.7 Å². The maximum atomic E-state index is 10.4. The maximum Gasteiger partial charge on any atom is 0.320 e. The number of hydrogen-bond acceptors (Lipinski definition) is 4. The molecule has 0 heterocycles. The van der Waals surface area contributed by atoms with Gasteiger partial charge < -0.3 is 21.7 Å². The van der Waals surface area contributed by atoms with Crippen LogP contribution in [-0.4, -0.2) is 34.2 Å². The minimum atomic E-state index is -0.934. The molecule has 26 heavy (non-hydrogen) atoms. The molecule has 6 N–H and O–H groups in total. The van der Waals surface area contributed by atoms with Gasteiger partial charge in [0.15, 0.2) is 0 Å². The Kier molecular flexibility index (Phi) is 9.67. The fourth-order valence-electron chi connectivity index (χ4n) is 2.18. The van der Waals surface area contributed by atoms with Crippen LogP contribution in [0.5, 0.6) is 0 Å². The van der Waals surface area contributed by atoms with Crippen LogP contribution in [0.2, 0.25) is 0 Å². The van der Waals surface area contributed by atoms with E-state index in [1.54, 1.807) is 0 Å². The summed E-state index contributed by atoms with van der Waals surface area (Å²) in [4.78, 5) is 20.8. The predicted molar refractivity (Wildman–Crippen MR) is 101 cm³/mol. The molecule has 2 aromatic rings. The Morgan fingerprint density at radius 2 is 1.00 bits per heavy atom. The largest absolute Gasteiger partial charge is 0.480 e. The third-order valence-corrected chi connectivity index (χ3v) is 3.81. The topological polar surface area (TPSA) is 127 Å². The van der Waals surface area contributed by atoms with Crippen molar-refractivity contribution in [3.63, 3.8) is 0 Å². The van der Waals surface area contributed by atoms with Gasteiger partial charge in [-0.2, -0.15) is 0 Å². The molecular formula is C20H26N2O4. The lowest BCUT2D eigenvalue weighted by atomic mass is 10.1. The number of carboxylic acids is 2. The first kappa shape index (κ1) is 21.3. The second-order valence-electron chi connectivity index (χ2n) is 5.94. The van der Waals surface area contributed by atoms with Gasteiger partial charge in [0.2, 0.25) is 0 Å². The van der Waals surface area contributed by atoms with Crippen LogP contribution in [0.1, 0.15) is 24.0 Å². The van der Waals surface area contributed by atoms with Crippen LogP contribution >= 0.6 is 0 Å². The Bertz CT molecular complexity index is 603. The normalized spacial score (nSPS) is 12.4. The van der Waals surface area contributed by atoms with E-state index in [1.807, 2.05) is 60.7 Å².